The zero-order valence-electron chi connectivity index (χ0n) is 17.0. The Hall–Kier alpha value is -3.32. The van der Waals surface area contributed by atoms with Crippen molar-refractivity contribution in [3.8, 4) is 0 Å². The van der Waals surface area contributed by atoms with E-state index in [2.05, 4.69) is 128 Å². The van der Waals surface area contributed by atoms with Gasteiger partial charge in [0.1, 0.15) is 0 Å². The van der Waals surface area contributed by atoms with Gasteiger partial charge in [-0.3, -0.25) is 0 Å². The Bertz CT molecular complexity index is 932. The van der Waals surface area contributed by atoms with E-state index < -0.39 is 0 Å². The fourth-order valence-electron chi connectivity index (χ4n) is 3.75. The molecule has 29 heavy (non-hydrogen) atoms. The van der Waals surface area contributed by atoms with Crippen molar-refractivity contribution in [2.75, 3.05) is 5.32 Å². The van der Waals surface area contributed by atoms with E-state index in [4.69, 9.17) is 0 Å². The van der Waals surface area contributed by atoms with Gasteiger partial charge < -0.3 is 5.32 Å². The smallest absolute Gasteiger partial charge is 0.0384 e. The van der Waals surface area contributed by atoms with Gasteiger partial charge in [0.15, 0.2) is 0 Å². The zero-order valence-corrected chi connectivity index (χ0v) is 17.0. The van der Waals surface area contributed by atoms with Crippen LogP contribution in [0, 0.1) is 0 Å². The molecular weight excluding hydrogens is 350 g/mol. The summed E-state index contributed by atoms with van der Waals surface area (Å²) in [5, 5.41) is 3.52. The van der Waals surface area contributed by atoms with Crippen LogP contribution in [-0.2, 0) is 0 Å². The Kier molecular flexibility index (Phi) is 5.76. The number of nitrogens with one attached hydrogen (secondary N) is 1. The van der Waals surface area contributed by atoms with Crippen molar-refractivity contribution in [3.05, 3.63) is 131 Å². The van der Waals surface area contributed by atoms with E-state index in [1.54, 1.807) is 0 Å². The van der Waals surface area contributed by atoms with E-state index in [1.165, 1.54) is 22.3 Å². The highest BCUT2D eigenvalue weighted by atomic mass is 14.9. The van der Waals surface area contributed by atoms with Crippen LogP contribution < -0.4 is 5.32 Å². The van der Waals surface area contributed by atoms with Crippen molar-refractivity contribution in [1.29, 1.82) is 0 Å². The molecule has 1 nitrogen and oxygen atoms in total. The van der Waals surface area contributed by atoms with E-state index in [0.29, 0.717) is 11.8 Å². The van der Waals surface area contributed by atoms with Gasteiger partial charge in [-0.1, -0.05) is 98.8 Å². The van der Waals surface area contributed by atoms with Crippen LogP contribution in [0.3, 0.4) is 0 Å². The average molecular weight is 378 g/mol. The molecule has 4 rings (SSSR count). The maximum Gasteiger partial charge on any atom is 0.0384 e. The highest BCUT2D eigenvalue weighted by molar-refractivity contribution is 5.60. The highest BCUT2D eigenvalue weighted by Crippen LogP contribution is 2.28. The number of hydrogen-bond donors (Lipinski definition) is 1. The van der Waals surface area contributed by atoms with Crippen LogP contribution in [0.1, 0.15) is 47.9 Å². The Balaban J connectivity index is 1.43. The first kappa shape index (κ1) is 19.0. The molecule has 0 saturated heterocycles. The lowest BCUT2D eigenvalue weighted by atomic mass is 9.93. The molecule has 2 atom stereocenters. The van der Waals surface area contributed by atoms with E-state index in [0.717, 1.165) is 11.4 Å². The summed E-state index contributed by atoms with van der Waals surface area (Å²) in [4.78, 5) is 0. The van der Waals surface area contributed by atoms with Gasteiger partial charge in [0, 0.05) is 23.2 Å². The number of rotatable bonds is 6. The molecule has 0 fully saturated rings. The molecule has 0 heterocycles. The van der Waals surface area contributed by atoms with Crippen molar-refractivity contribution < 1.29 is 0 Å². The lowest BCUT2D eigenvalue weighted by Crippen LogP contribution is -1.98. The van der Waals surface area contributed by atoms with Gasteiger partial charge in [0.2, 0.25) is 0 Å². The van der Waals surface area contributed by atoms with E-state index in [9.17, 15) is 0 Å². The molecule has 4 aromatic carbocycles. The second-order valence-electron chi connectivity index (χ2n) is 7.63. The molecule has 2 unspecified atom stereocenters. The normalized spacial score (nSPS) is 12.9. The second kappa shape index (κ2) is 8.79. The van der Waals surface area contributed by atoms with Crippen LogP contribution in [0.4, 0.5) is 11.4 Å². The summed E-state index contributed by atoms with van der Waals surface area (Å²) in [5.41, 5.74) is 7.56. The lowest BCUT2D eigenvalue weighted by molar-refractivity contribution is 0.922. The fourth-order valence-corrected chi connectivity index (χ4v) is 3.75. The monoisotopic (exact) mass is 377 g/mol. The molecule has 0 aliphatic carbocycles. The SMILES string of the molecule is CC(c1ccccc1)c1ccc(Nc2ccc(C(C)c3ccccc3)cc2)cc1. The minimum atomic E-state index is 0.393. The quantitative estimate of drug-likeness (QED) is 0.362. The average Bonchev–Trinajstić information content (AvgIpc) is 2.80. The molecule has 0 aromatic heterocycles. The van der Waals surface area contributed by atoms with Crippen LogP contribution in [0.15, 0.2) is 109 Å². The zero-order chi connectivity index (χ0) is 20.1. The largest absolute Gasteiger partial charge is 0.356 e. The van der Waals surface area contributed by atoms with Crippen LogP contribution in [-0.4, -0.2) is 0 Å². The molecule has 1 heteroatoms. The summed E-state index contributed by atoms with van der Waals surface area (Å²) in [5.74, 6) is 0.785. The summed E-state index contributed by atoms with van der Waals surface area (Å²) in [6, 6.07) is 38.8. The molecule has 1 N–H and O–H groups in total. The Morgan fingerprint density at radius 3 is 1.07 bits per heavy atom. The van der Waals surface area contributed by atoms with Gasteiger partial charge in [-0.2, -0.15) is 0 Å². The maximum absolute atomic E-state index is 3.52. The van der Waals surface area contributed by atoms with Crippen molar-refractivity contribution >= 4 is 11.4 Å². The number of anilines is 2. The predicted molar refractivity (Wildman–Crippen MR) is 124 cm³/mol. The minimum absolute atomic E-state index is 0.393. The molecule has 0 spiro atoms. The third-order valence-corrected chi connectivity index (χ3v) is 5.71. The fraction of sp³-hybridized carbons (Fsp3) is 0.143. The Morgan fingerprint density at radius 1 is 0.414 bits per heavy atom. The Morgan fingerprint density at radius 2 is 0.724 bits per heavy atom. The first-order valence-electron chi connectivity index (χ1n) is 10.3. The van der Waals surface area contributed by atoms with Crippen LogP contribution in [0.2, 0.25) is 0 Å². The molecule has 0 bridgehead atoms. The van der Waals surface area contributed by atoms with E-state index >= 15 is 0 Å². The van der Waals surface area contributed by atoms with Gasteiger partial charge in [-0.25, -0.2) is 0 Å². The third-order valence-electron chi connectivity index (χ3n) is 5.71. The summed E-state index contributed by atoms with van der Waals surface area (Å²) in [7, 11) is 0. The minimum Gasteiger partial charge on any atom is -0.356 e. The molecule has 0 radical (unpaired) electrons. The molecule has 144 valence electrons. The van der Waals surface area contributed by atoms with Crippen LogP contribution >= 0.6 is 0 Å². The molecule has 0 saturated carbocycles. The molecule has 0 aliphatic rings. The first-order valence-corrected chi connectivity index (χ1v) is 10.3. The van der Waals surface area contributed by atoms with Gasteiger partial charge in [0.05, 0.1) is 0 Å². The second-order valence-corrected chi connectivity index (χ2v) is 7.63. The van der Waals surface area contributed by atoms with Crippen molar-refractivity contribution in [2.24, 2.45) is 0 Å². The standard InChI is InChI=1S/C28H27N/c1-21(23-9-5-3-6-10-23)25-13-17-27(18-14-25)29-28-19-15-26(16-20-28)22(2)24-11-7-4-8-12-24/h3-22,29H,1-2H3. The summed E-state index contributed by atoms with van der Waals surface area (Å²) in [6.07, 6.45) is 0. The molecule has 0 amide bonds. The van der Waals surface area contributed by atoms with Crippen molar-refractivity contribution in [1.82, 2.24) is 0 Å². The summed E-state index contributed by atoms with van der Waals surface area (Å²) >= 11 is 0. The van der Waals surface area contributed by atoms with Crippen LogP contribution in [0.25, 0.3) is 0 Å². The van der Waals surface area contributed by atoms with E-state index in [-0.39, 0.29) is 0 Å². The first-order chi connectivity index (χ1) is 14.2. The van der Waals surface area contributed by atoms with E-state index in [1.807, 2.05) is 0 Å². The summed E-state index contributed by atoms with van der Waals surface area (Å²) < 4.78 is 0. The topological polar surface area (TPSA) is 12.0 Å². The molecule has 4 aromatic rings. The molecular formula is C28H27N. The Labute approximate surface area is 174 Å². The number of benzene rings is 4. The van der Waals surface area contributed by atoms with Gasteiger partial charge >= 0.3 is 0 Å². The predicted octanol–water partition coefficient (Wildman–Crippen LogP) is 7.73. The maximum atomic E-state index is 3.52. The number of hydrogen-bond acceptors (Lipinski definition) is 1. The van der Waals surface area contributed by atoms with Gasteiger partial charge in [0.25, 0.3) is 0 Å². The van der Waals surface area contributed by atoms with Gasteiger partial charge in [-0.05, 0) is 46.5 Å². The van der Waals surface area contributed by atoms with Crippen molar-refractivity contribution in [3.63, 3.8) is 0 Å². The summed E-state index contributed by atoms with van der Waals surface area (Å²) in [6.45, 7) is 4.51. The van der Waals surface area contributed by atoms with Gasteiger partial charge in [-0.15, -0.1) is 0 Å². The molecule has 0 aliphatic heterocycles. The lowest BCUT2D eigenvalue weighted by Gasteiger charge is -2.15. The van der Waals surface area contributed by atoms with Crippen molar-refractivity contribution in [2.45, 2.75) is 25.7 Å². The third kappa shape index (κ3) is 4.57. The highest BCUT2D eigenvalue weighted by Gasteiger charge is 2.09. The van der Waals surface area contributed by atoms with Crippen LogP contribution in [0.5, 0.6) is 0 Å².